The van der Waals surface area contributed by atoms with Crippen molar-refractivity contribution in [1.29, 1.82) is 0 Å². The molecule has 4 aliphatic carbocycles. The lowest BCUT2D eigenvalue weighted by molar-refractivity contribution is -0.0503. The number of nitrogens with one attached hydrogen (secondary N) is 1. The quantitative estimate of drug-likeness (QED) is 0.366. The van der Waals surface area contributed by atoms with Gasteiger partial charge in [-0.05, 0) is 67.6 Å². The molecular formula is C23H33FN6O. The molecule has 1 heterocycles. The number of rotatable bonds is 6. The molecule has 168 valence electrons. The van der Waals surface area contributed by atoms with Gasteiger partial charge >= 0.3 is 0 Å². The van der Waals surface area contributed by atoms with Crippen LogP contribution >= 0.6 is 0 Å². The van der Waals surface area contributed by atoms with Gasteiger partial charge in [-0.3, -0.25) is 4.79 Å². The highest BCUT2D eigenvalue weighted by molar-refractivity contribution is 5.96. The Labute approximate surface area is 182 Å². The molecule has 0 aromatic carbocycles. The van der Waals surface area contributed by atoms with Crippen molar-refractivity contribution in [3.05, 3.63) is 41.8 Å². The summed E-state index contributed by atoms with van der Waals surface area (Å²) in [6.07, 6.45) is 10.3. The number of carbonyl (C=O) groups excluding carboxylic acids is 1. The third kappa shape index (κ3) is 4.38. The highest BCUT2D eigenvalue weighted by Gasteiger charge is 2.50. The number of carbonyl (C=O) groups is 1. The van der Waals surface area contributed by atoms with Crippen LogP contribution in [0.3, 0.4) is 0 Å². The summed E-state index contributed by atoms with van der Waals surface area (Å²) in [7, 11) is 0. The van der Waals surface area contributed by atoms with Crippen molar-refractivity contribution in [3.63, 3.8) is 0 Å². The van der Waals surface area contributed by atoms with E-state index in [-0.39, 0.29) is 28.9 Å². The summed E-state index contributed by atoms with van der Waals surface area (Å²) < 4.78 is 14.8. The molecular weight excluding hydrogens is 395 g/mol. The largest absolute Gasteiger partial charge is 0.397 e. The Kier molecular flexibility index (Phi) is 5.66. The smallest absolute Gasteiger partial charge is 0.254 e. The van der Waals surface area contributed by atoms with E-state index in [1.807, 2.05) is 13.8 Å². The molecule has 4 saturated carbocycles. The van der Waals surface area contributed by atoms with Crippen LogP contribution in [0.2, 0.25) is 0 Å². The van der Waals surface area contributed by atoms with E-state index in [1.54, 1.807) is 6.20 Å². The zero-order chi connectivity index (χ0) is 22.3. The van der Waals surface area contributed by atoms with Crippen LogP contribution in [0.15, 0.2) is 35.5 Å². The van der Waals surface area contributed by atoms with Crippen molar-refractivity contribution in [3.8, 4) is 0 Å². The van der Waals surface area contributed by atoms with Crippen molar-refractivity contribution in [2.75, 3.05) is 6.54 Å². The second kappa shape index (κ2) is 8.13. The van der Waals surface area contributed by atoms with E-state index in [1.165, 1.54) is 43.2 Å². The summed E-state index contributed by atoms with van der Waals surface area (Å²) >= 11 is 0. The number of hydrogen-bond donors (Lipinski definition) is 3. The van der Waals surface area contributed by atoms with Gasteiger partial charge in [0.1, 0.15) is 0 Å². The first kappa shape index (κ1) is 21.6. The molecule has 5 rings (SSSR count). The number of nitrogens with two attached hydrogens (primary N) is 2. The van der Waals surface area contributed by atoms with Crippen molar-refractivity contribution in [2.45, 2.75) is 58.3 Å². The lowest BCUT2D eigenvalue weighted by atomic mass is 9.49. The fraction of sp³-hybridized carbons (Fsp3) is 0.609. The highest BCUT2D eigenvalue weighted by Crippen LogP contribution is 2.59. The van der Waals surface area contributed by atoms with Crippen molar-refractivity contribution in [1.82, 2.24) is 15.1 Å². The first-order chi connectivity index (χ1) is 14.7. The molecule has 4 aliphatic rings. The maximum atomic E-state index is 13.5. The van der Waals surface area contributed by atoms with Gasteiger partial charge in [-0.15, -0.1) is 0 Å². The van der Waals surface area contributed by atoms with Gasteiger partial charge in [-0.2, -0.15) is 5.10 Å². The lowest BCUT2D eigenvalue weighted by Crippen LogP contribution is -2.51. The average molecular weight is 429 g/mol. The van der Waals surface area contributed by atoms with Crippen LogP contribution < -0.4 is 16.8 Å². The number of halogens is 1. The van der Waals surface area contributed by atoms with E-state index < -0.39 is 5.83 Å². The van der Waals surface area contributed by atoms with Gasteiger partial charge in [0, 0.05) is 12.7 Å². The van der Waals surface area contributed by atoms with E-state index in [0.717, 1.165) is 24.0 Å². The fourth-order valence-electron chi connectivity index (χ4n) is 6.24. The van der Waals surface area contributed by atoms with Gasteiger partial charge in [0.25, 0.3) is 5.91 Å². The van der Waals surface area contributed by atoms with Crippen LogP contribution in [0.25, 0.3) is 0 Å². The normalized spacial score (nSPS) is 30.1. The minimum Gasteiger partial charge on any atom is -0.397 e. The number of amides is 1. The summed E-state index contributed by atoms with van der Waals surface area (Å²) in [4.78, 5) is 17.0. The Balaban J connectivity index is 1.49. The second-order valence-electron chi connectivity index (χ2n) is 10.1. The van der Waals surface area contributed by atoms with Crippen molar-refractivity contribution < 1.29 is 9.18 Å². The minimum atomic E-state index is -0.771. The summed E-state index contributed by atoms with van der Waals surface area (Å²) in [5, 5.41) is 7.62. The zero-order valence-electron chi connectivity index (χ0n) is 18.4. The van der Waals surface area contributed by atoms with Crippen LogP contribution in [0.1, 0.15) is 74.3 Å². The predicted molar refractivity (Wildman–Crippen MR) is 119 cm³/mol. The summed E-state index contributed by atoms with van der Waals surface area (Å²) in [5.41, 5.74) is 12.4. The van der Waals surface area contributed by atoms with Gasteiger partial charge in [0.05, 0.1) is 23.2 Å². The SMILES string of the molecule is C=C(N)/C(F)=C\N=C(N)n1cc(C(=O)NCC23CC4CC(CC(C4)C2)C3)c(C(C)C)n1. The molecule has 0 unspecified atom stereocenters. The molecule has 31 heavy (non-hydrogen) atoms. The number of nitrogens with zero attached hydrogens (tertiary/aromatic N) is 3. The van der Waals surface area contributed by atoms with E-state index in [9.17, 15) is 9.18 Å². The minimum absolute atomic E-state index is 0.0189. The Hall–Kier alpha value is -2.64. The second-order valence-corrected chi connectivity index (χ2v) is 10.1. The third-order valence-corrected chi connectivity index (χ3v) is 7.17. The molecule has 1 aromatic heterocycles. The molecule has 1 amide bonds. The molecule has 0 aliphatic heterocycles. The summed E-state index contributed by atoms with van der Waals surface area (Å²) in [6, 6.07) is 0. The third-order valence-electron chi connectivity index (χ3n) is 7.17. The van der Waals surface area contributed by atoms with E-state index >= 15 is 0 Å². The summed E-state index contributed by atoms with van der Waals surface area (Å²) in [6.45, 7) is 7.96. The van der Waals surface area contributed by atoms with Crippen LogP contribution in [0, 0.1) is 23.2 Å². The molecule has 0 saturated heterocycles. The van der Waals surface area contributed by atoms with Gasteiger partial charge in [0.15, 0.2) is 5.83 Å². The maximum Gasteiger partial charge on any atom is 0.254 e. The Morgan fingerprint density at radius 3 is 2.42 bits per heavy atom. The molecule has 0 radical (unpaired) electrons. The number of aromatic nitrogens is 2. The van der Waals surface area contributed by atoms with Crippen LogP contribution in [-0.2, 0) is 0 Å². The Morgan fingerprint density at radius 1 is 1.32 bits per heavy atom. The number of hydrogen-bond acceptors (Lipinski definition) is 4. The lowest BCUT2D eigenvalue weighted by Gasteiger charge is -2.56. The van der Waals surface area contributed by atoms with E-state index in [4.69, 9.17) is 11.5 Å². The van der Waals surface area contributed by atoms with Crippen LogP contribution in [0.5, 0.6) is 0 Å². The van der Waals surface area contributed by atoms with Gasteiger partial charge in [0.2, 0.25) is 5.96 Å². The predicted octanol–water partition coefficient (Wildman–Crippen LogP) is 3.40. The molecule has 7 nitrogen and oxygen atoms in total. The van der Waals surface area contributed by atoms with Gasteiger partial charge in [-0.25, -0.2) is 14.1 Å². The topological polar surface area (TPSA) is 111 Å². The molecule has 0 spiro atoms. The molecule has 1 aromatic rings. The zero-order valence-corrected chi connectivity index (χ0v) is 18.4. The molecule has 5 N–H and O–H groups in total. The Bertz CT molecular complexity index is 909. The molecule has 8 heteroatoms. The molecule has 4 fully saturated rings. The summed E-state index contributed by atoms with van der Waals surface area (Å²) in [5.74, 6) is 1.57. The Morgan fingerprint density at radius 2 is 1.90 bits per heavy atom. The average Bonchev–Trinajstić information content (AvgIpc) is 3.15. The van der Waals surface area contributed by atoms with Crippen LogP contribution in [0.4, 0.5) is 4.39 Å². The van der Waals surface area contributed by atoms with E-state index in [2.05, 4.69) is 22.0 Å². The molecule has 0 atom stereocenters. The molecule has 4 bridgehead atoms. The number of allylic oxidation sites excluding steroid dienone is 1. The van der Waals surface area contributed by atoms with E-state index in [0.29, 0.717) is 17.8 Å². The van der Waals surface area contributed by atoms with Crippen molar-refractivity contribution in [2.24, 2.45) is 39.6 Å². The monoisotopic (exact) mass is 428 g/mol. The highest BCUT2D eigenvalue weighted by atomic mass is 19.1. The number of aliphatic imine (C=N–C) groups is 1. The van der Waals surface area contributed by atoms with Crippen LogP contribution in [-0.4, -0.2) is 28.2 Å². The first-order valence-electron chi connectivity index (χ1n) is 11.2. The van der Waals surface area contributed by atoms with Gasteiger partial charge in [-0.1, -0.05) is 20.4 Å². The fourth-order valence-corrected chi connectivity index (χ4v) is 6.24. The first-order valence-corrected chi connectivity index (χ1v) is 11.2. The van der Waals surface area contributed by atoms with Crippen molar-refractivity contribution >= 4 is 11.9 Å². The van der Waals surface area contributed by atoms with Gasteiger partial charge < -0.3 is 16.8 Å². The standard InChI is InChI=1S/C23H33FN6O/c1-13(2)20-18(11-30(29-20)22(26)27-10-19(24)14(3)25)21(31)28-12-23-7-15-4-16(8-23)6-17(5-15)9-23/h10-11,13,15-17H,3-9,12,25H2,1-2H3,(H2,26,27)(H,28,31)/b19-10+. The maximum absolute atomic E-state index is 13.5.